The Morgan fingerprint density at radius 1 is 0.667 bits per heavy atom. The monoisotopic (exact) mass is 426 g/mol. The normalized spacial score (nSPS) is 10.7. The molecule has 0 atom stereocenters. The Labute approximate surface area is 184 Å². The van der Waals surface area contributed by atoms with Gasteiger partial charge in [0.15, 0.2) is 0 Å². The number of carbonyl (C=O) groups excluding carboxylic acids is 2. The van der Waals surface area contributed by atoms with Gasteiger partial charge in [-0.2, -0.15) is 0 Å². The van der Waals surface area contributed by atoms with Gasteiger partial charge < -0.3 is 14.2 Å². The molecule has 30 heavy (non-hydrogen) atoms. The highest BCUT2D eigenvalue weighted by Crippen LogP contribution is 2.13. The minimum atomic E-state index is -0.580. The van der Waals surface area contributed by atoms with Crippen LogP contribution in [0.5, 0.6) is 0 Å². The average Bonchev–Trinajstić information content (AvgIpc) is 2.74. The average molecular weight is 427 g/mol. The predicted octanol–water partition coefficient (Wildman–Crippen LogP) is 6.54. The minimum Gasteiger partial charge on any atom is -0.466 e. The zero-order valence-electron chi connectivity index (χ0n) is 19.7. The summed E-state index contributed by atoms with van der Waals surface area (Å²) in [5.74, 6) is -1.04. The summed E-state index contributed by atoms with van der Waals surface area (Å²) in [5.41, 5.74) is 0.108. The number of hydrogen-bond donors (Lipinski definition) is 0. The molecule has 0 saturated heterocycles. The second kappa shape index (κ2) is 22.3. The van der Waals surface area contributed by atoms with E-state index < -0.39 is 11.9 Å². The van der Waals surface area contributed by atoms with Crippen molar-refractivity contribution in [3.05, 3.63) is 12.2 Å². The molecule has 0 unspecified atom stereocenters. The number of methoxy groups -OCH3 is 1. The van der Waals surface area contributed by atoms with E-state index in [1.54, 1.807) is 0 Å². The third-order valence-electron chi connectivity index (χ3n) is 5.17. The van der Waals surface area contributed by atoms with E-state index in [9.17, 15) is 9.59 Å². The highest BCUT2D eigenvalue weighted by Gasteiger charge is 2.12. The van der Waals surface area contributed by atoms with E-state index >= 15 is 0 Å². The lowest BCUT2D eigenvalue weighted by atomic mass is 10.0. The maximum absolute atomic E-state index is 11.5. The Bertz CT molecular complexity index is 433. The second-order valence-corrected chi connectivity index (χ2v) is 8.05. The number of ether oxygens (including phenoxy) is 3. The Balaban J connectivity index is 3.20. The van der Waals surface area contributed by atoms with Crippen molar-refractivity contribution in [2.45, 2.75) is 110 Å². The SMILES string of the molecule is C=C(CC(=O)OCCCOCCCCCCCCCCCCCCCC)C(=O)OC. The van der Waals surface area contributed by atoms with Gasteiger partial charge in [-0.15, -0.1) is 0 Å². The van der Waals surface area contributed by atoms with Crippen LogP contribution in [0.15, 0.2) is 12.2 Å². The fourth-order valence-corrected chi connectivity index (χ4v) is 3.29. The van der Waals surface area contributed by atoms with Crippen LogP contribution in [0, 0.1) is 0 Å². The number of carbonyl (C=O) groups is 2. The third kappa shape index (κ3) is 19.9. The fourth-order valence-electron chi connectivity index (χ4n) is 3.29. The van der Waals surface area contributed by atoms with Crippen LogP contribution in [-0.4, -0.2) is 38.9 Å². The van der Waals surface area contributed by atoms with Crippen LogP contribution in [0.2, 0.25) is 0 Å². The molecule has 176 valence electrons. The lowest BCUT2D eigenvalue weighted by Gasteiger charge is -2.07. The van der Waals surface area contributed by atoms with Crippen molar-refractivity contribution in [1.82, 2.24) is 0 Å². The van der Waals surface area contributed by atoms with Crippen LogP contribution in [0.4, 0.5) is 0 Å². The van der Waals surface area contributed by atoms with Crippen molar-refractivity contribution in [1.29, 1.82) is 0 Å². The molecule has 0 aliphatic rings. The maximum atomic E-state index is 11.5. The largest absolute Gasteiger partial charge is 0.466 e. The summed E-state index contributed by atoms with van der Waals surface area (Å²) in [4.78, 5) is 22.7. The standard InChI is InChI=1S/C25H46O5/c1-4-5-6-7-8-9-10-11-12-13-14-15-16-17-19-29-20-18-21-30-24(26)22-23(2)25(27)28-3/h2,4-22H2,1,3H3. The molecular formula is C25H46O5. The van der Waals surface area contributed by atoms with E-state index in [-0.39, 0.29) is 12.0 Å². The van der Waals surface area contributed by atoms with E-state index in [1.807, 2.05) is 0 Å². The Hall–Kier alpha value is -1.36. The zero-order chi connectivity index (χ0) is 22.3. The molecule has 0 aromatic heterocycles. The van der Waals surface area contributed by atoms with E-state index in [0.29, 0.717) is 19.6 Å². The molecule has 0 N–H and O–H groups in total. The first kappa shape index (κ1) is 28.6. The van der Waals surface area contributed by atoms with Gasteiger partial charge in [0.2, 0.25) is 0 Å². The summed E-state index contributed by atoms with van der Waals surface area (Å²) in [6.45, 7) is 7.42. The van der Waals surface area contributed by atoms with E-state index in [2.05, 4.69) is 18.2 Å². The van der Waals surface area contributed by atoms with Gasteiger partial charge in [0.1, 0.15) is 0 Å². The van der Waals surface area contributed by atoms with Crippen molar-refractivity contribution < 1.29 is 23.8 Å². The molecule has 5 heteroatoms. The van der Waals surface area contributed by atoms with Crippen molar-refractivity contribution in [3.63, 3.8) is 0 Å². The Morgan fingerprint density at radius 2 is 1.13 bits per heavy atom. The molecule has 0 saturated carbocycles. The van der Waals surface area contributed by atoms with Crippen LogP contribution < -0.4 is 0 Å². The van der Waals surface area contributed by atoms with Crippen LogP contribution >= 0.6 is 0 Å². The third-order valence-corrected chi connectivity index (χ3v) is 5.17. The number of unbranched alkanes of at least 4 members (excludes halogenated alkanes) is 13. The molecule has 0 heterocycles. The van der Waals surface area contributed by atoms with Gasteiger partial charge in [-0.25, -0.2) is 4.79 Å². The Morgan fingerprint density at radius 3 is 1.63 bits per heavy atom. The minimum absolute atomic E-state index is 0.108. The van der Waals surface area contributed by atoms with Crippen molar-refractivity contribution >= 4 is 11.9 Å². The second-order valence-electron chi connectivity index (χ2n) is 8.05. The molecular weight excluding hydrogens is 380 g/mol. The quantitative estimate of drug-likeness (QED) is 0.112. The molecule has 0 aromatic rings. The molecule has 0 amide bonds. The van der Waals surface area contributed by atoms with Crippen LogP contribution in [0.1, 0.15) is 110 Å². The summed E-state index contributed by atoms with van der Waals surface area (Å²) in [7, 11) is 1.26. The smallest absolute Gasteiger partial charge is 0.333 e. The van der Waals surface area contributed by atoms with Gasteiger partial charge in [0.05, 0.1) is 20.1 Å². The molecule has 0 bridgehead atoms. The van der Waals surface area contributed by atoms with Gasteiger partial charge >= 0.3 is 11.9 Å². The summed E-state index contributed by atoms with van der Waals surface area (Å²) in [6, 6.07) is 0. The van der Waals surface area contributed by atoms with Crippen LogP contribution in [0.3, 0.4) is 0 Å². The predicted molar refractivity (Wildman–Crippen MR) is 122 cm³/mol. The van der Waals surface area contributed by atoms with Crippen molar-refractivity contribution in [2.75, 3.05) is 26.9 Å². The molecule has 0 rings (SSSR count). The van der Waals surface area contributed by atoms with Gasteiger partial charge in [-0.1, -0.05) is 97.0 Å². The summed E-state index contributed by atoms with van der Waals surface area (Å²) in [5, 5.41) is 0. The van der Waals surface area contributed by atoms with Crippen LogP contribution in [-0.2, 0) is 23.8 Å². The first-order valence-corrected chi connectivity index (χ1v) is 12.1. The topological polar surface area (TPSA) is 61.8 Å². The van der Waals surface area contributed by atoms with Crippen molar-refractivity contribution in [2.24, 2.45) is 0 Å². The molecule has 0 aromatic carbocycles. The van der Waals surface area contributed by atoms with Gasteiger partial charge in [0, 0.05) is 25.2 Å². The molecule has 5 nitrogen and oxygen atoms in total. The number of hydrogen-bond acceptors (Lipinski definition) is 5. The van der Waals surface area contributed by atoms with Crippen molar-refractivity contribution in [3.8, 4) is 0 Å². The van der Waals surface area contributed by atoms with Gasteiger partial charge in [-0.3, -0.25) is 4.79 Å². The molecule has 0 spiro atoms. The van der Waals surface area contributed by atoms with E-state index in [0.717, 1.165) is 13.0 Å². The number of esters is 2. The van der Waals surface area contributed by atoms with E-state index in [1.165, 1.54) is 90.6 Å². The molecule has 0 radical (unpaired) electrons. The summed E-state index contributed by atoms with van der Waals surface area (Å²) >= 11 is 0. The first-order valence-electron chi connectivity index (χ1n) is 12.1. The van der Waals surface area contributed by atoms with Gasteiger partial charge in [-0.05, 0) is 6.42 Å². The van der Waals surface area contributed by atoms with Gasteiger partial charge in [0.25, 0.3) is 0 Å². The zero-order valence-corrected chi connectivity index (χ0v) is 19.7. The highest BCUT2D eigenvalue weighted by molar-refractivity contribution is 5.93. The fraction of sp³-hybridized carbons (Fsp3) is 0.840. The van der Waals surface area contributed by atoms with Crippen LogP contribution in [0.25, 0.3) is 0 Å². The lowest BCUT2D eigenvalue weighted by molar-refractivity contribution is -0.145. The number of rotatable bonds is 22. The highest BCUT2D eigenvalue weighted by atomic mass is 16.5. The maximum Gasteiger partial charge on any atom is 0.333 e. The molecule has 0 aliphatic heterocycles. The molecule has 0 fully saturated rings. The Kier molecular flexibility index (Phi) is 21.3. The lowest BCUT2D eigenvalue weighted by Crippen LogP contribution is -2.13. The van der Waals surface area contributed by atoms with E-state index in [4.69, 9.17) is 9.47 Å². The summed E-state index contributed by atoms with van der Waals surface area (Å²) in [6.07, 6.45) is 19.5. The molecule has 0 aliphatic carbocycles. The summed E-state index contributed by atoms with van der Waals surface area (Å²) < 4.78 is 15.1. The first-order chi connectivity index (χ1) is 14.6.